The summed E-state index contributed by atoms with van der Waals surface area (Å²) < 4.78 is 27.6. The van der Waals surface area contributed by atoms with Crippen molar-refractivity contribution in [1.29, 1.82) is 0 Å². The van der Waals surface area contributed by atoms with Gasteiger partial charge in [-0.1, -0.05) is 11.6 Å². The normalized spacial score (nSPS) is 11.2. The minimum absolute atomic E-state index is 0.143. The molecule has 0 fully saturated rings. The Labute approximate surface area is 139 Å². The molecule has 0 spiro atoms. The Morgan fingerprint density at radius 2 is 2.05 bits per heavy atom. The summed E-state index contributed by atoms with van der Waals surface area (Å²) in [5, 5.41) is 4.32. The molecule has 1 aromatic heterocycles. The molecule has 112 valence electrons. The lowest BCUT2D eigenvalue weighted by Crippen LogP contribution is -2.18. The van der Waals surface area contributed by atoms with E-state index in [-0.39, 0.29) is 20.8 Å². The lowest BCUT2D eigenvalue weighted by molar-refractivity contribution is 0.0963. The monoisotopic (exact) mass is 408 g/mol. The minimum Gasteiger partial charge on any atom is -0.355 e. The van der Waals surface area contributed by atoms with Crippen LogP contribution in [0.4, 0.5) is 5.69 Å². The quantitative estimate of drug-likeness (QED) is 0.813. The zero-order valence-corrected chi connectivity index (χ0v) is 14.7. The van der Waals surface area contributed by atoms with Crippen molar-refractivity contribution in [2.45, 2.75) is 4.21 Å². The van der Waals surface area contributed by atoms with Gasteiger partial charge in [0.2, 0.25) is 0 Å². The summed E-state index contributed by atoms with van der Waals surface area (Å²) in [4.78, 5) is 11.6. The molecule has 2 N–H and O–H groups in total. The second kappa shape index (κ2) is 6.35. The molecule has 0 aliphatic heterocycles. The van der Waals surface area contributed by atoms with Crippen LogP contribution >= 0.6 is 38.9 Å². The fourth-order valence-electron chi connectivity index (χ4n) is 1.55. The maximum Gasteiger partial charge on any atom is 0.272 e. The van der Waals surface area contributed by atoms with Crippen LogP contribution in [0.5, 0.6) is 0 Å². The molecule has 1 heterocycles. The Hall–Kier alpha value is -1.09. The number of carbonyl (C=O) groups excluding carboxylic acids is 1. The molecule has 0 saturated carbocycles. The molecule has 0 aliphatic carbocycles. The molecule has 1 amide bonds. The topological polar surface area (TPSA) is 75.3 Å². The molecule has 5 nitrogen and oxygen atoms in total. The molecule has 2 rings (SSSR count). The van der Waals surface area contributed by atoms with Crippen LogP contribution in [-0.2, 0) is 10.0 Å². The van der Waals surface area contributed by atoms with Crippen LogP contribution in [0.3, 0.4) is 0 Å². The first-order valence-corrected chi connectivity index (χ1v) is 9.16. The summed E-state index contributed by atoms with van der Waals surface area (Å²) in [5.41, 5.74) is 0.461. The minimum atomic E-state index is -3.77. The molecule has 0 bridgehead atoms. The SMILES string of the molecule is CNC(=O)c1ccc(Cl)c(NS(=O)(=O)c2sccc2Br)c1. The van der Waals surface area contributed by atoms with E-state index in [1.54, 1.807) is 11.4 Å². The molecular formula is C12H10BrClN2O3S2. The predicted octanol–water partition coefficient (Wildman–Crippen LogP) is 3.32. The number of benzene rings is 1. The Morgan fingerprint density at radius 3 is 2.62 bits per heavy atom. The van der Waals surface area contributed by atoms with Crippen LogP contribution in [0, 0.1) is 0 Å². The van der Waals surface area contributed by atoms with E-state index in [0.717, 1.165) is 11.3 Å². The fourth-order valence-corrected chi connectivity index (χ4v) is 5.18. The first-order valence-electron chi connectivity index (χ1n) is 5.62. The maximum absolute atomic E-state index is 12.3. The van der Waals surface area contributed by atoms with Crippen molar-refractivity contribution in [2.24, 2.45) is 0 Å². The van der Waals surface area contributed by atoms with Gasteiger partial charge in [-0.3, -0.25) is 9.52 Å². The summed E-state index contributed by atoms with van der Waals surface area (Å²) in [6.45, 7) is 0. The standard InChI is InChI=1S/C12H10BrClN2O3S2/c1-15-11(17)7-2-3-9(14)10(6-7)16-21(18,19)12-8(13)4-5-20-12/h2-6,16H,1H3,(H,15,17). The van der Waals surface area contributed by atoms with Crippen molar-refractivity contribution in [3.8, 4) is 0 Å². The summed E-state index contributed by atoms with van der Waals surface area (Å²) in [6, 6.07) is 6.01. The van der Waals surface area contributed by atoms with Crippen LogP contribution in [0.15, 0.2) is 38.3 Å². The Morgan fingerprint density at radius 1 is 1.33 bits per heavy atom. The molecular weight excluding hydrogens is 400 g/mol. The van der Waals surface area contributed by atoms with Crippen LogP contribution in [0.2, 0.25) is 5.02 Å². The van der Waals surface area contributed by atoms with Crippen LogP contribution in [-0.4, -0.2) is 21.4 Å². The number of sulfonamides is 1. The molecule has 1 aromatic carbocycles. The van der Waals surface area contributed by atoms with Gasteiger partial charge in [0.05, 0.1) is 10.7 Å². The number of hydrogen-bond acceptors (Lipinski definition) is 4. The van der Waals surface area contributed by atoms with Crippen LogP contribution in [0.25, 0.3) is 0 Å². The second-order valence-corrected chi connectivity index (χ2v) is 7.99. The van der Waals surface area contributed by atoms with Gasteiger partial charge in [-0.15, -0.1) is 11.3 Å². The molecule has 21 heavy (non-hydrogen) atoms. The van der Waals surface area contributed by atoms with Crippen molar-refractivity contribution < 1.29 is 13.2 Å². The van der Waals surface area contributed by atoms with Crippen molar-refractivity contribution in [3.05, 3.63) is 44.7 Å². The fraction of sp³-hybridized carbons (Fsp3) is 0.0833. The van der Waals surface area contributed by atoms with Crippen molar-refractivity contribution in [2.75, 3.05) is 11.8 Å². The highest BCUT2D eigenvalue weighted by Crippen LogP contribution is 2.31. The highest BCUT2D eigenvalue weighted by Gasteiger charge is 2.21. The summed E-state index contributed by atoms with van der Waals surface area (Å²) in [5.74, 6) is -0.329. The number of nitrogens with one attached hydrogen (secondary N) is 2. The van der Waals surface area contributed by atoms with Gasteiger partial charge in [-0.05, 0) is 45.6 Å². The van der Waals surface area contributed by atoms with E-state index in [1.807, 2.05) is 0 Å². The van der Waals surface area contributed by atoms with Gasteiger partial charge in [0.25, 0.3) is 15.9 Å². The predicted molar refractivity (Wildman–Crippen MR) is 87.7 cm³/mol. The van der Waals surface area contributed by atoms with E-state index < -0.39 is 10.0 Å². The Bertz CT molecular complexity index is 790. The second-order valence-electron chi connectivity index (χ2n) is 3.94. The van der Waals surface area contributed by atoms with Crippen molar-refractivity contribution in [3.63, 3.8) is 0 Å². The highest BCUT2D eigenvalue weighted by molar-refractivity contribution is 9.10. The smallest absolute Gasteiger partial charge is 0.272 e. The average Bonchev–Trinajstić information content (AvgIpc) is 2.87. The van der Waals surface area contributed by atoms with Gasteiger partial charge in [-0.25, -0.2) is 8.42 Å². The number of halogens is 2. The van der Waals surface area contributed by atoms with E-state index in [2.05, 4.69) is 26.0 Å². The Kier molecular flexibility index (Phi) is 4.92. The zero-order chi connectivity index (χ0) is 15.6. The molecule has 0 saturated heterocycles. The third kappa shape index (κ3) is 3.57. The van der Waals surface area contributed by atoms with Crippen LogP contribution in [0.1, 0.15) is 10.4 Å². The van der Waals surface area contributed by atoms with E-state index in [0.29, 0.717) is 10.0 Å². The number of anilines is 1. The van der Waals surface area contributed by atoms with Gasteiger partial charge < -0.3 is 5.32 Å². The maximum atomic E-state index is 12.3. The van der Waals surface area contributed by atoms with Gasteiger partial charge in [0.1, 0.15) is 0 Å². The van der Waals surface area contributed by atoms with Crippen LogP contribution < -0.4 is 10.0 Å². The van der Waals surface area contributed by atoms with E-state index in [9.17, 15) is 13.2 Å². The molecule has 2 aromatic rings. The molecule has 0 radical (unpaired) electrons. The first kappa shape index (κ1) is 16.3. The summed E-state index contributed by atoms with van der Waals surface area (Å²) >= 11 is 10.2. The van der Waals surface area contributed by atoms with Gasteiger partial charge in [-0.2, -0.15) is 0 Å². The van der Waals surface area contributed by atoms with Crippen molar-refractivity contribution >= 4 is 60.5 Å². The lowest BCUT2D eigenvalue weighted by Gasteiger charge is -2.10. The molecule has 9 heteroatoms. The number of hydrogen-bond donors (Lipinski definition) is 2. The van der Waals surface area contributed by atoms with E-state index in [1.165, 1.54) is 25.2 Å². The summed E-state index contributed by atoms with van der Waals surface area (Å²) in [7, 11) is -2.28. The third-order valence-electron chi connectivity index (χ3n) is 2.53. The van der Waals surface area contributed by atoms with Gasteiger partial charge >= 0.3 is 0 Å². The number of rotatable bonds is 4. The first-order chi connectivity index (χ1) is 9.85. The largest absolute Gasteiger partial charge is 0.355 e. The summed E-state index contributed by atoms with van der Waals surface area (Å²) in [6.07, 6.45) is 0. The molecule has 0 unspecified atom stereocenters. The molecule has 0 atom stereocenters. The number of amides is 1. The van der Waals surface area contributed by atoms with Gasteiger partial charge in [0.15, 0.2) is 4.21 Å². The van der Waals surface area contributed by atoms with E-state index >= 15 is 0 Å². The average molecular weight is 410 g/mol. The molecule has 0 aliphatic rings. The van der Waals surface area contributed by atoms with Gasteiger partial charge in [0, 0.05) is 17.1 Å². The van der Waals surface area contributed by atoms with Crippen molar-refractivity contribution in [1.82, 2.24) is 5.32 Å². The lowest BCUT2D eigenvalue weighted by atomic mass is 10.2. The third-order valence-corrected chi connectivity index (χ3v) is 6.89. The number of thiophene rings is 1. The Balaban J connectivity index is 2.40. The van der Waals surface area contributed by atoms with E-state index in [4.69, 9.17) is 11.6 Å². The highest BCUT2D eigenvalue weighted by atomic mass is 79.9. The number of carbonyl (C=O) groups is 1. The zero-order valence-electron chi connectivity index (χ0n) is 10.7.